The number of rotatable bonds is 5. The lowest BCUT2D eigenvalue weighted by molar-refractivity contribution is -0.134. The maximum atomic E-state index is 12.5. The van der Waals surface area contributed by atoms with E-state index in [4.69, 9.17) is 11.6 Å². The molecule has 0 unspecified atom stereocenters. The number of alkyl halides is 3. The van der Waals surface area contributed by atoms with Gasteiger partial charge in [0.15, 0.2) is 0 Å². The summed E-state index contributed by atoms with van der Waals surface area (Å²) < 4.78 is 37.4. The SMILES string of the molecule is CNCCN1CCCc2c1ncc(Cl)c2CCC(F)(F)F. The fourth-order valence-electron chi connectivity index (χ4n) is 2.64. The first-order chi connectivity index (χ1) is 9.92. The van der Waals surface area contributed by atoms with E-state index in [1.54, 1.807) is 0 Å². The molecule has 0 saturated heterocycles. The molecule has 0 amide bonds. The Morgan fingerprint density at radius 2 is 2.19 bits per heavy atom. The highest BCUT2D eigenvalue weighted by molar-refractivity contribution is 6.31. The molecule has 0 atom stereocenters. The summed E-state index contributed by atoms with van der Waals surface area (Å²) in [6.07, 6.45) is -1.96. The molecule has 7 heteroatoms. The molecule has 0 saturated carbocycles. The Bertz CT molecular complexity index is 491. The lowest BCUT2D eigenvalue weighted by Crippen LogP contribution is -2.36. The van der Waals surface area contributed by atoms with E-state index in [9.17, 15) is 13.2 Å². The number of pyridine rings is 1. The third-order valence-corrected chi connectivity index (χ3v) is 3.99. The summed E-state index contributed by atoms with van der Waals surface area (Å²) in [5, 5.41) is 3.41. The van der Waals surface area contributed by atoms with Gasteiger partial charge in [0.05, 0.1) is 5.02 Å². The van der Waals surface area contributed by atoms with Crippen LogP contribution in [0.3, 0.4) is 0 Å². The van der Waals surface area contributed by atoms with E-state index in [1.165, 1.54) is 6.20 Å². The smallest absolute Gasteiger partial charge is 0.355 e. The van der Waals surface area contributed by atoms with Gasteiger partial charge in [-0.15, -0.1) is 0 Å². The summed E-state index contributed by atoms with van der Waals surface area (Å²) in [5.74, 6) is 0.790. The van der Waals surface area contributed by atoms with Gasteiger partial charge in [0.25, 0.3) is 0 Å². The van der Waals surface area contributed by atoms with Crippen LogP contribution in [0.4, 0.5) is 19.0 Å². The van der Waals surface area contributed by atoms with Crippen LogP contribution in [-0.2, 0) is 12.8 Å². The molecule has 21 heavy (non-hydrogen) atoms. The molecule has 0 fully saturated rings. The molecule has 1 aromatic rings. The van der Waals surface area contributed by atoms with Crippen molar-refractivity contribution in [3.05, 3.63) is 22.3 Å². The zero-order valence-corrected chi connectivity index (χ0v) is 12.7. The fourth-order valence-corrected chi connectivity index (χ4v) is 2.90. The molecule has 0 radical (unpaired) electrons. The van der Waals surface area contributed by atoms with Crippen molar-refractivity contribution in [3.8, 4) is 0 Å². The van der Waals surface area contributed by atoms with Crippen molar-refractivity contribution in [1.82, 2.24) is 10.3 Å². The van der Waals surface area contributed by atoms with Crippen molar-refractivity contribution in [1.29, 1.82) is 0 Å². The van der Waals surface area contributed by atoms with E-state index in [2.05, 4.69) is 15.2 Å². The predicted molar refractivity (Wildman–Crippen MR) is 78.1 cm³/mol. The van der Waals surface area contributed by atoms with Gasteiger partial charge in [-0.2, -0.15) is 13.2 Å². The minimum absolute atomic E-state index is 0.0763. The van der Waals surface area contributed by atoms with Gasteiger partial charge >= 0.3 is 6.18 Å². The van der Waals surface area contributed by atoms with Gasteiger partial charge < -0.3 is 10.2 Å². The molecule has 0 bridgehead atoms. The first-order valence-corrected chi connectivity index (χ1v) is 7.42. The van der Waals surface area contributed by atoms with Crippen molar-refractivity contribution in [2.75, 3.05) is 31.6 Å². The number of nitrogens with one attached hydrogen (secondary N) is 1. The van der Waals surface area contributed by atoms with Crippen molar-refractivity contribution in [3.63, 3.8) is 0 Å². The third-order valence-electron chi connectivity index (χ3n) is 3.67. The quantitative estimate of drug-likeness (QED) is 0.902. The normalized spacial score (nSPS) is 15.2. The molecular formula is C14H19ClF3N3. The first-order valence-electron chi connectivity index (χ1n) is 7.05. The Morgan fingerprint density at radius 1 is 1.43 bits per heavy atom. The monoisotopic (exact) mass is 321 g/mol. The van der Waals surface area contributed by atoms with Crippen LogP contribution in [0.15, 0.2) is 6.20 Å². The minimum atomic E-state index is -4.17. The highest BCUT2D eigenvalue weighted by Gasteiger charge is 2.29. The van der Waals surface area contributed by atoms with Crippen LogP contribution < -0.4 is 10.2 Å². The summed E-state index contributed by atoms with van der Waals surface area (Å²) in [6.45, 7) is 2.47. The van der Waals surface area contributed by atoms with Crippen LogP contribution in [0.1, 0.15) is 24.0 Å². The maximum absolute atomic E-state index is 12.5. The molecule has 3 nitrogen and oxygen atoms in total. The van der Waals surface area contributed by atoms with E-state index >= 15 is 0 Å². The zero-order chi connectivity index (χ0) is 15.5. The number of anilines is 1. The molecule has 1 aliphatic rings. The largest absolute Gasteiger partial charge is 0.389 e. The summed E-state index contributed by atoms with van der Waals surface area (Å²) in [4.78, 5) is 6.46. The third kappa shape index (κ3) is 4.23. The predicted octanol–water partition coefficient (Wildman–Crippen LogP) is 3.20. The molecule has 0 spiro atoms. The highest BCUT2D eigenvalue weighted by Crippen LogP contribution is 2.34. The number of aromatic nitrogens is 1. The van der Waals surface area contributed by atoms with Crippen molar-refractivity contribution >= 4 is 17.4 Å². The second kappa shape index (κ2) is 6.83. The van der Waals surface area contributed by atoms with Crippen LogP contribution >= 0.6 is 11.6 Å². The second-order valence-corrected chi connectivity index (χ2v) is 5.60. The average Bonchev–Trinajstić information content (AvgIpc) is 2.42. The van der Waals surface area contributed by atoms with Gasteiger partial charge in [-0.3, -0.25) is 0 Å². The number of nitrogens with zero attached hydrogens (tertiary/aromatic N) is 2. The van der Waals surface area contributed by atoms with Crippen molar-refractivity contribution in [2.45, 2.75) is 31.9 Å². The average molecular weight is 322 g/mol. The van der Waals surface area contributed by atoms with E-state index in [0.717, 1.165) is 43.9 Å². The molecule has 2 rings (SSSR count). The van der Waals surface area contributed by atoms with E-state index in [1.807, 2.05) is 7.05 Å². The van der Waals surface area contributed by atoms with E-state index < -0.39 is 12.6 Å². The van der Waals surface area contributed by atoms with Gasteiger partial charge in [-0.1, -0.05) is 11.6 Å². The summed E-state index contributed by atoms with van der Waals surface area (Å²) in [5.41, 5.74) is 1.49. The van der Waals surface area contributed by atoms with Crippen LogP contribution in [0.25, 0.3) is 0 Å². The molecule has 0 aliphatic carbocycles. The van der Waals surface area contributed by atoms with Gasteiger partial charge in [-0.25, -0.2) is 4.98 Å². The summed E-state index contributed by atoms with van der Waals surface area (Å²) in [6, 6.07) is 0. The summed E-state index contributed by atoms with van der Waals surface area (Å²) in [7, 11) is 1.87. The Labute approximate surface area is 127 Å². The number of hydrogen-bond acceptors (Lipinski definition) is 3. The van der Waals surface area contributed by atoms with Gasteiger partial charge in [0, 0.05) is 32.3 Å². The Hall–Kier alpha value is -1.01. The molecular weight excluding hydrogens is 303 g/mol. The van der Waals surface area contributed by atoms with E-state index in [-0.39, 0.29) is 6.42 Å². The lowest BCUT2D eigenvalue weighted by atomic mass is 9.97. The van der Waals surface area contributed by atoms with Crippen molar-refractivity contribution < 1.29 is 13.2 Å². The number of likely N-dealkylation sites (N-methyl/N-ethyl adjacent to an activating group) is 1. The number of hydrogen-bond donors (Lipinski definition) is 1. The molecule has 1 aliphatic heterocycles. The van der Waals surface area contributed by atoms with Crippen LogP contribution in [-0.4, -0.2) is 37.8 Å². The van der Waals surface area contributed by atoms with Gasteiger partial charge in [0.2, 0.25) is 0 Å². The summed E-state index contributed by atoms with van der Waals surface area (Å²) >= 11 is 6.08. The number of halogens is 4. The van der Waals surface area contributed by atoms with Crippen molar-refractivity contribution in [2.24, 2.45) is 0 Å². The van der Waals surface area contributed by atoms with Gasteiger partial charge in [0.1, 0.15) is 5.82 Å². The highest BCUT2D eigenvalue weighted by atomic mass is 35.5. The van der Waals surface area contributed by atoms with Crippen LogP contribution in [0.5, 0.6) is 0 Å². The second-order valence-electron chi connectivity index (χ2n) is 5.20. The molecule has 1 aromatic heterocycles. The molecule has 118 valence electrons. The Kier molecular flexibility index (Phi) is 5.32. The molecule has 2 heterocycles. The number of fused-ring (bicyclic) bond motifs is 1. The Balaban J connectivity index is 2.25. The Morgan fingerprint density at radius 3 is 2.86 bits per heavy atom. The molecule has 0 aromatic carbocycles. The fraction of sp³-hybridized carbons (Fsp3) is 0.643. The molecule has 1 N–H and O–H groups in total. The lowest BCUT2D eigenvalue weighted by Gasteiger charge is -2.31. The van der Waals surface area contributed by atoms with E-state index in [0.29, 0.717) is 10.6 Å². The minimum Gasteiger partial charge on any atom is -0.355 e. The zero-order valence-electron chi connectivity index (χ0n) is 11.9. The first kappa shape index (κ1) is 16.4. The van der Waals surface area contributed by atoms with Crippen LogP contribution in [0, 0.1) is 0 Å². The topological polar surface area (TPSA) is 28.2 Å². The maximum Gasteiger partial charge on any atom is 0.389 e. The van der Waals surface area contributed by atoms with Crippen LogP contribution in [0.2, 0.25) is 5.02 Å². The standard InChI is InChI=1S/C14H19ClF3N3/c1-19-6-8-21-7-2-3-11-10(4-5-14(16,17)18)12(15)9-20-13(11)21/h9,19H,2-8H2,1H3. The van der Waals surface area contributed by atoms with Gasteiger partial charge in [-0.05, 0) is 37.4 Å².